The molecule has 0 aliphatic rings. The Bertz CT molecular complexity index is 569. The van der Waals surface area contributed by atoms with Crippen molar-refractivity contribution in [2.45, 2.75) is 26.5 Å². The first kappa shape index (κ1) is 15.4. The van der Waals surface area contributed by atoms with Gasteiger partial charge in [0.1, 0.15) is 5.75 Å². The molecule has 1 unspecified atom stereocenters. The first-order chi connectivity index (χ1) is 10.1. The van der Waals surface area contributed by atoms with Gasteiger partial charge in [0.2, 0.25) is 0 Å². The van der Waals surface area contributed by atoms with Crippen LogP contribution in [-0.2, 0) is 0 Å². The molecule has 0 amide bonds. The van der Waals surface area contributed by atoms with E-state index in [2.05, 4.69) is 29.1 Å². The van der Waals surface area contributed by atoms with Crippen LogP contribution in [0.5, 0.6) is 5.75 Å². The van der Waals surface area contributed by atoms with E-state index in [0.717, 1.165) is 12.1 Å². The zero-order valence-corrected chi connectivity index (χ0v) is 12.1. The molecule has 2 aromatic carbocycles. The highest BCUT2D eigenvalue weighted by atomic mass is 19.3. The van der Waals surface area contributed by atoms with Gasteiger partial charge in [-0.3, -0.25) is 0 Å². The zero-order valence-electron chi connectivity index (χ0n) is 12.1. The van der Waals surface area contributed by atoms with Crippen molar-refractivity contribution in [2.75, 3.05) is 6.54 Å². The number of ether oxygens (including phenoxy) is 1. The Hall–Kier alpha value is -1.94. The lowest BCUT2D eigenvalue weighted by Crippen LogP contribution is -2.22. The molecule has 2 rings (SSSR count). The monoisotopic (exact) mass is 291 g/mol. The van der Waals surface area contributed by atoms with Crippen molar-refractivity contribution in [1.29, 1.82) is 0 Å². The highest BCUT2D eigenvalue weighted by molar-refractivity contribution is 5.38. The van der Waals surface area contributed by atoms with E-state index in [4.69, 9.17) is 0 Å². The van der Waals surface area contributed by atoms with Gasteiger partial charge in [0.05, 0.1) is 6.04 Å². The van der Waals surface area contributed by atoms with Gasteiger partial charge >= 0.3 is 6.61 Å². The second-order valence-electron chi connectivity index (χ2n) is 4.79. The highest BCUT2D eigenvalue weighted by Gasteiger charge is 2.15. The van der Waals surface area contributed by atoms with E-state index >= 15 is 0 Å². The Morgan fingerprint density at radius 2 is 1.71 bits per heavy atom. The predicted molar refractivity (Wildman–Crippen MR) is 79.8 cm³/mol. The van der Waals surface area contributed by atoms with Crippen molar-refractivity contribution in [1.82, 2.24) is 5.32 Å². The molecule has 21 heavy (non-hydrogen) atoms. The van der Waals surface area contributed by atoms with Crippen LogP contribution in [0.4, 0.5) is 8.78 Å². The van der Waals surface area contributed by atoms with Gasteiger partial charge < -0.3 is 10.1 Å². The van der Waals surface area contributed by atoms with Crippen molar-refractivity contribution in [3.8, 4) is 5.75 Å². The molecule has 1 atom stereocenters. The molecule has 0 fully saturated rings. The fourth-order valence-electron chi connectivity index (χ4n) is 2.36. The maximum Gasteiger partial charge on any atom is 0.387 e. The molecule has 4 heteroatoms. The number of halogens is 2. The second kappa shape index (κ2) is 7.18. The molecule has 0 aliphatic carbocycles. The summed E-state index contributed by atoms with van der Waals surface area (Å²) in [5, 5.41) is 3.43. The van der Waals surface area contributed by atoms with E-state index < -0.39 is 6.61 Å². The van der Waals surface area contributed by atoms with Gasteiger partial charge in [0.15, 0.2) is 0 Å². The summed E-state index contributed by atoms with van der Waals surface area (Å²) in [5.74, 6) is 0.175. The van der Waals surface area contributed by atoms with Crippen molar-refractivity contribution < 1.29 is 13.5 Å². The van der Waals surface area contributed by atoms with Crippen LogP contribution in [0.15, 0.2) is 48.5 Å². The molecule has 2 nitrogen and oxygen atoms in total. The third-order valence-electron chi connectivity index (χ3n) is 3.35. The summed E-state index contributed by atoms with van der Waals surface area (Å²) < 4.78 is 28.8. The van der Waals surface area contributed by atoms with Crippen LogP contribution in [0.3, 0.4) is 0 Å². The third kappa shape index (κ3) is 4.02. The molecule has 112 valence electrons. The molecule has 0 bridgehead atoms. The van der Waals surface area contributed by atoms with Crippen molar-refractivity contribution in [2.24, 2.45) is 0 Å². The Morgan fingerprint density at radius 3 is 2.29 bits per heavy atom. The smallest absolute Gasteiger partial charge is 0.387 e. The minimum atomic E-state index is -2.79. The van der Waals surface area contributed by atoms with Crippen LogP contribution in [0.25, 0.3) is 0 Å². The Morgan fingerprint density at radius 1 is 1.05 bits per heavy atom. The standard InChI is InChI=1S/C17H19F2NO/c1-3-20-16(15-7-5-4-6-12(15)2)13-8-10-14(11-9-13)21-17(18)19/h4-11,16-17,20H,3H2,1-2H3. The Balaban J connectivity index is 2.28. The number of hydrogen-bond donors (Lipinski definition) is 1. The van der Waals surface area contributed by atoms with Crippen LogP contribution in [-0.4, -0.2) is 13.2 Å². The number of alkyl halides is 2. The molecule has 0 spiro atoms. The fraction of sp³-hybridized carbons (Fsp3) is 0.294. The Kier molecular flexibility index (Phi) is 5.28. The SMILES string of the molecule is CCNC(c1ccc(OC(F)F)cc1)c1ccccc1C. The molecular weight excluding hydrogens is 272 g/mol. The molecule has 2 aromatic rings. The number of benzene rings is 2. The van der Waals surface area contributed by atoms with Gasteiger partial charge in [-0.2, -0.15) is 8.78 Å². The van der Waals surface area contributed by atoms with Crippen LogP contribution >= 0.6 is 0 Å². The Labute approximate surface area is 123 Å². The highest BCUT2D eigenvalue weighted by Crippen LogP contribution is 2.26. The number of hydrogen-bond acceptors (Lipinski definition) is 2. The summed E-state index contributed by atoms with van der Waals surface area (Å²) in [7, 11) is 0. The van der Waals surface area contributed by atoms with E-state index in [1.165, 1.54) is 11.1 Å². The van der Waals surface area contributed by atoms with Crippen molar-refractivity contribution in [3.63, 3.8) is 0 Å². The number of aryl methyl sites for hydroxylation is 1. The summed E-state index contributed by atoms with van der Waals surface area (Å²) >= 11 is 0. The predicted octanol–water partition coefficient (Wildman–Crippen LogP) is 4.30. The molecule has 1 N–H and O–H groups in total. The van der Waals surface area contributed by atoms with Gasteiger partial charge in [-0.25, -0.2) is 0 Å². The van der Waals surface area contributed by atoms with E-state index in [0.29, 0.717) is 0 Å². The normalized spacial score (nSPS) is 12.4. The summed E-state index contributed by atoms with van der Waals surface area (Å²) in [5.41, 5.74) is 3.39. The van der Waals surface area contributed by atoms with Gasteiger partial charge in [-0.15, -0.1) is 0 Å². The van der Waals surface area contributed by atoms with Crippen LogP contribution < -0.4 is 10.1 Å². The van der Waals surface area contributed by atoms with Crippen LogP contribution in [0, 0.1) is 6.92 Å². The maximum atomic E-state index is 12.2. The molecule has 0 radical (unpaired) electrons. The van der Waals surface area contributed by atoms with Gasteiger partial charge in [-0.05, 0) is 42.3 Å². The average molecular weight is 291 g/mol. The largest absolute Gasteiger partial charge is 0.435 e. The fourth-order valence-corrected chi connectivity index (χ4v) is 2.36. The average Bonchev–Trinajstić information content (AvgIpc) is 2.46. The number of nitrogens with one attached hydrogen (secondary N) is 1. The van der Waals surface area contributed by atoms with E-state index in [1.807, 2.05) is 31.2 Å². The maximum absolute atomic E-state index is 12.2. The second-order valence-corrected chi connectivity index (χ2v) is 4.79. The van der Waals surface area contributed by atoms with E-state index in [9.17, 15) is 8.78 Å². The molecule has 0 aliphatic heterocycles. The van der Waals surface area contributed by atoms with E-state index in [-0.39, 0.29) is 11.8 Å². The topological polar surface area (TPSA) is 21.3 Å². The van der Waals surface area contributed by atoms with E-state index in [1.54, 1.807) is 12.1 Å². The van der Waals surface area contributed by atoms with Gasteiger partial charge in [0, 0.05) is 0 Å². The summed E-state index contributed by atoms with van der Waals surface area (Å²) in [6, 6.07) is 15.0. The lowest BCUT2D eigenvalue weighted by molar-refractivity contribution is -0.0498. The minimum Gasteiger partial charge on any atom is -0.435 e. The van der Waals surface area contributed by atoms with Crippen LogP contribution in [0.2, 0.25) is 0 Å². The summed E-state index contributed by atoms with van der Waals surface area (Å²) in [6.07, 6.45) is 0. The first-order valence-electron chi connectivity index (χ1n) is 6.95. The van der Waals surface area contributed by atoms with Crippen LogP contribution in [0.1, 0.15) is 29.7 Å². The zero-order chi connectivity index (χ0) is 15.2. The molecular formula is C17H19F2NO. The summed E-state index contributed by atoms with van der Waals surface area (Å²) in [6.45, 7) is 2.12. The molecule has 0 heterocycles. The number of rotatable bonds is 6. The third-order valence-corrected chi connectivity index (χ3v) is 3.35. The van der Waals surface area contributed by atoms with Gasteiger partial charge in [0.25, 0.3) is 0 Å². The lowest BCUT2D eigenvalue weighted by Gasteiger charge is -2.21. The lowest BCUT2D eigenvalue weighted by atomic mass is 9.95. The quantitative estimate of drug-likeness (QED) is 0.857. The summed E-state index contributed by atoms with van der Waals surface area (Å²) in [4.78, 5) is 0. The first-order valence-corrected chi connectivity index (χ1v) is 6.95. The van der Waals surface area contributed by atoms with Crippen molar-refractivity contribution in [3.05, 3.63) is 65.2 Å². The van der Waals surface area contributed by atoms with Gasteiger partial charge in [-0.1, -0.05) is 43.3 Å². The molecule has 0 aromatic heterocycles. The van der Waals surface area contributed by atoms with Crippen molar-refractivity contribution >= 4 is 0 Å². The molecule has 0 saturated carbocycles. The minimum absolute atomic E-state index is 0.0387. The molecule has 0 saturated heterocycles.